The second kappa shape index (κ2) is 8.43. The van der Waals surface area contributed by atoms with Crippen LogP contribution < -0.4 is 4.72 Å². The van der Waals surface area contributed by atoms with Crippen LogP contribution in [-0.2, 0) is 26.0 Å². The van der Waals surface area contributed by atoms with Crippen molar-refractivity contribution in [2.45, 2.75) is 63.3 Å². The van der Waals surface area contributed by atoms with Crippen molar-refractivity contribution in [1.29, 1.82) is 0 Å². The summed E-state index contributed by atoms with van der Waals surface area (Å²) >= 11 is 0. The first-order chi connectivity index (χ1) is 13.6. The average Bonchev–Trinajstić information content (AvgIpc) is 2.96. The zero-order chi connectivity index (χ0) is 21.2. The van der Waals surface area contributed by atoms with Gasteiger partial charge in [0.15, 0.2) is 6.29 Å². The van der Waals surface area contributed by atoms with Crippen LogP contribution >= 0.6 is 0 Å². The van der Waals surface area contributed by atoms with Gasteiger partial charge in [0.1, 0.15) is 10.6 Å². The Kier molecular flexibility index (Phi) is 6.33. The Morgan fingerprint density at radius 3 is 2.66 bits per heavy atom. The maximum Gasteiger partial charge on any atom is 0.353 e. The Morgan fingerprint density at radius 1 is 1.31 bits per heavy atom. The maximum atomic E-state index is 13.1. The third kappa shape index (κ3) is 4.98. The fraction of sp³-hybridized carbons (Fsp3) is 0.550. The monoisotopic (exact) mass is 424 g/mol. The number of rotatable bonds is 7. The summed E-state index contributed by atoms with van der Waals surface area (Å²) in [6, 6.07) is 6.79. The maximum absolute atomic E-state index is 13.1. The zero-order valence-corrected chi connectivity index (χ0v) is 17.8. The smallest absolute Gasteiger partial charge is 0.353 e. The lowest BCUT2D eigenvalue weighted by Crippen LogP contribution is -2.41. The molecule has 0 aliphatic carbocycles. The molecule has 1 fully saturated rings. The lowest BCUT2D eigenvalue weighted by Gasteiger charge is -2.23. The highest BCUT2D eigenvalue weighted by atomic mass is 32.2. The molecule has 2 N–H and O–H groups in total. The number of ether oxygens (including phenoxy) is 2. The first-order valence-corrected chi connectivity index (χ1v) is 11.2. The van der Waals surface area contributed by atoms with Crippen LogP contribution in [0.4, 0.5) is 0 Å². The second-order valence-electron chi connectivity index (χ2n) is 8.17. The van der Waals surface area contributed by atoms with Gasteiger partial charge in [-0.15, -0.1) is 0 Å². The number of carbonyl (C=O) groups is 1. The Morgan fingerprint density at radius 2 is 2.03 bits per heavy atom. The molecule has 1 atom stereocenters. The molecule has 9 heteroatoms. The van der Waals surface area contributed by atoms with Gasteiger partial charge >= 0.3 is 5.97 Å². The molecular weight excluding hydrogens is 396 g/mol. The standard InChI is InChI=1S/C20H28N2O6S/c1-20(2,3)21-29(25,26)18-14-8-4-5-9-15(14)22(17(18)19(23)24)11-13-28-16-10-6-7-12-27-16/h4-5,8-9,16,21H,6-7,10-13H2,1-3H3,(H,23,24). The third-order valence-corrected chi connectivity index (χ3v) is 6.42. The molecule has 1 aromatic heterocycles. The first kappa shape index (κ1) is 21.8. The number of hydrogen-bond donors (Lipinski definition) is 2. The number of nitrogens with zero attached hydrogens (tertiary/aromatic N) is 1. The van der Waals surface area contributed by atoms with Gasteiger partial charge in [-0.1, -0.05) is 18.2 Å². The van der Waals surface area contributed by atoms with E-state index in [2.05, 4.69) is 4.72 Å². The van der Waals surface area contributed by atoms with Crippen LogP contribution in [0.5, 0.6) is 0 Å². The van der Waals surface area contributed by atoms with E-state index in [1.807, 2.05) is 0 Å². The highest BCUT2D eigenvalue weighted by molar-refractivity contribution is 7.89. The van der Waals surface area contributed by atoms with Gasteiger partial charge in [-0.2, -0.15) is 0 Å². The van der Waals surface area contributed by atoms with Crippen LogP contribution in [0.15, 0.2) is 29.2 Å². The van der Waals surface area contributed by atoms with Crippen molar-refractivity contribution in [1.82, 2.24) is 9.29 Å². The molecule has 0 saturated carbocycles. The highest BCUT2D eigenvalue weighted by Gasteiger charge is 2.33. The molecule has 0 spiro atoms. The van der Waals surface area contributed by atoms with E-state index in [4.69, 9.17) is 9.47 Å². The minimum atomic E-state index is -4.06. The molecule has 2 heterocycles. The Labute approximate surface area is 170 Å². The number of sulfonamides is 1. The highest BCUT2D eigenvalue weighted by Crippen LogP contribution is 2.31. The van der Waals surface area contributed by atoms with Crippen LogP contribution in [-0.4, -0.2) is 49.1 Å². The Bertz CT molecular complexity index is 984. The Balaban J connectivity index is 2.01. The molecule has 1 unspecified atom stereocenters. The van der Waals surface area contributed by atoms with E-state index in [-0.39, 0.29) is 30.0 Å². The topological polar surface area (TPSA) is 107 Å². The van der Waals surface area contributed by atoms with Crippen molar-refractivity contribution in [2.24, 2.45) is 0 Å². The van der Waals surface area contributed by atoms with Crippen molar-refractivity contribution >= 4 is 26.9 Å². The molecule has 8 nitrogen and oxygen atoms in total. The van der Waals surface area contributed by atoms with Gasteiger partial charge in [0, 0.05) is 24.1 Å². The number of aromatic carboxylic acids is 1. The van der Waals surface area contributed by atoms with Crippen LogP contribution in [0.2, 0.25) is 0 Å². The van der Waals surface area contributed by atoms with E-state index < -0.39 is 21.5 Å². The second-order valence-corrected chi connectivity index (χ2v) is 9.79. The van der Waals surface area contributed by atoms with Crippen molar-refractivity contribution in [3.63, 3.8) is 0 Å². The van der Waals surface area contributed by atoms with Crippen molar-refractivity contribution < 1.29 is 27.8 Å². The lowest BCUT2D eigenvalue weighted by molar-refractivity contribution is -0.163. The minimum Gasteiger partial charge on any atom is -0.477 e. The fourth-order valence-electron chi connectivity index (χ4n) is 3.56. The molecule has 2 aromatic rings. The zero-order valence-electron chi connectivity index (χ0n) is 17.0. The predicted octanol–water partition coefficient (Wildman–Crippen LogP) is 2.96. The predicted molar refractivity (Wildman–Crippen MR) is 109 cm³/mol. The molecule has 1 aliphatic rings. The molecule has 29 heavy (non-hydrogen) atoms. The van der Waals surface area contributed by atoms with E-state index in [0.29, 0.717) is 17.5 Å². The summed E-state index contributed by atoms with van der Waals surface area (Å²) in [6.45, 7) is 6.20. The fourth-order valence-corrected chi connectivity index (χ4v) is 5.38. The van der Waals surface area contributed by atoms with Gasteiger partial charge in [-0.3, -0.25) is 0 Å². The number of carboxylic acids is 1. The molecule has 3 rings (SSSR count). The summed E-state index contributed by atoms with van der Waals surface area (Å²) in [5, 5.41) is 10.2. The Hall–Kier alpha value is -1.94. The quantitative estimate of drug-likeness (QED) is 0.708. The average molecular weight is 425 g/mol. The molecular formula is C20H28N2O6S. The van der Waals surface area contributed by atoms with Gasteiger partial charge in [-0.05, 0) is 46.1 Å². The lowest BCUT2D eigenvalue weighted by atomic mass is 10.1. The number of hydrogen-bond acceptors (Lipinski definition) is 5. The summed E-state index contributed by atoms with van der Waals surface area (Å²) in [6.07, 6.45) is 2.53. The van der Waals surface area contributed by atoms with Crippen LogP contribution in [0.25, 0.3) is 10.9 Å². The molecule has 1 saturated heterocycles. The summed E-state index contributed by atoms with van der Waals surface area (Å²) in [4.78, 5) is 11.9. The largest absolute Gasteiger partial charge is 0.477 e. The van der Waals surface area contributed by atoms with E-state index in [9.17, 15) is 18.3 Å². The molecule has 0 radical (unpaired) electrons. The van der Waals surface area contributed by atoms with E-state index in [1.54, 1.807) is 45.0 Å². The molecule has 160 valence electrons. The molecule has 1 aliphatic heterocycles. The SMILES string of the molecule is CC(C)(C)NS(=O)(=O)c1c(C(=O)O)n(CCOC2CCCCO2)c2ccccc12. The number of aromatic nitrogens is 1. The molecule has 0 amide bonds. The minimum absolute atomic E-state index is 0.201. The van der Waals surface area contributed by atoms with Crippen molar-refractivity contribution in [3.8, 4) is 0 Å². The van der Waals surface area contributed by atoms with Crippen LogP contribution in [0.1, 0.15) is 50.5 Å². The number of nitrogens with one attached hydrogen (secondary N) is 1. The summed E-state index contributed by atoms with van der Waals surface area (Å²) in [7, 11) is -4.06. The van der Waals surface area contributed by atoms with Gasteiger partial charge in [0.2, 0.25) is 10.0 Å². The number of carboxylic acid groups (broad SMARTS) is 1. The molecule has 1 aromatic carbocycles. The van der Waals surface area contributed by atoms with E-state index in [0.717, 1.165) is 19.3 Å². The third-order valence-electron chi connectivity index (χ3n) is 4.59. The van der Waals surface area contributed by atoms with Crippen LogP contribution in [0, 0.1) is 0 Å². The van der Waals surface area contributed by atoms with E-state index in [1.165, 1.54) is 4.57 Å². The summed E-state index contributed by atoms with van der Waals surface area (Å²) in [5.74, 6) is -1.30. The number of benzene rings is 1. The molecule has 0 bridgehead atoms. The summed E-state index contributed by atoms with van der Waals surface area (Å²) in [5.41, 5.74) is -0.484. The normalized spacial score (nSPS) is 18.2. The van der Waals surface area contributed by atoms with Crippen LogP contribution in [0.3, 0.4) is 0 Å². The van der Waals surface area contributed by atoms with Gasteiger partial charge in [-0.25, -0.2) is 17.9 Å². The van der Waals surface area contributed by atoms with Gasteiger partial charge < -0.3 is 19.1 Å². The van der Waals surface area contributed by atoms with E-state index >= 15 is 0 Å². The number of fused-ring (bicyclic) bond motifs is 1. The first-order valence-electron chi connectivity index (χ1n) is 9.72. The number of para-hydroxylation sites is 1. The van der Waals surface area contributed by atoms with Gasteiger partial charge in [0.05, 0.1) is 12.1 Å². The van der Waals surface area contributed by atoms with Gasteiger partial charge in [0.25, 0.3) is 0 Å². The van der Waals surface area contributed by atoms with Crippen molar-refractivity contribution in [2.75, 3.05) is 13.2 Å². The summed E-state index contributed by atoms with van der Waals surface area (Å²) < 4.78 is 41.5. The van der Waals surface area contributed by atoms with Crippen molar-refractivity contribution in [3.05, 3.63) is 30.0 Å².